The molecular formula is C5H6O2. The summed E-state index contributed by atoms with van der Waals surface area (Å²) in [6, 6.07) is 0. The number of hydrogen-bond donors (Lipinski definition) is 0. The fourth-order valence-corrected chi connectivity index (χ4v) is 0.415. The molecule has 0 amide bonds. The molecule has 0 aromatic rings. The monoisotopic (exact) mass is 98.0 g/mol. The molecular weight excluding hydrogens is 92.1 g/mol. The highest BCUT2D eigenvalue weighted by Crippen LogP contribution is 2.17. The Bertz CT molecular complexity index is 126. The Morgan fingerprint density at radius 3 is 2.43 bits per heavy atom. The second kappa shape index (κ2) is 1.09. The molecule has 1 fully saturated rings. The topological polar surface area (TPSA) is 26.3 Å². The Morgan fingerprint density at radius 1 is 1.86 bits per heavy atom. The molecule has 7 heavy (non-hydrogen) atoms. The summed E-state index contributed by atoms with van der Waals surface area (Å²) >= 11 is 0. The van der Waals surface area contributed by atoms with Crippen LogP contribution in [0.25, 0.3) is 0 Å². The number of cyclic esters (lactones) is 1. The fourth-order valence-electron chi connectivity index (χ4n) is 0.415. The highest BCUT2D eigenvalue weighted by molar-refractivity contribution is 5.94. The minimum atomic E-state index is -0.257. The summed E-state index contributed by atoms with van der Waals surface area (Å²) in [6.07, 6.45) is -0.0347. The molecule has 1 unspecified atom stereocenters. The summed E-state index contributed by atoms with van der Waals surface area (Å²) in [5.74, 6) is -0.257. The average Bonchev–Trinajstić information content (AvgIpc) is 1.68. The Labute approximate surface area is 41.8 Å². The van der Waals surface area contributed by atoms with E-state index in [1.165, 1.54) is 0 Å². The molecule has 38 valence electrons. The van der Waals surface area contributed by atoms with Gasteiger partial charge in [0.15, 0.2) is 0 Å². The summed E-state index contributed by atoms with van der Waals surface area (Å²) in [5, 5.41) is 0. The van der Waals surface area contributed by atoms with E-state index >= 15 is 0 Å². The van der Waals surface area contributed by atoms with Crippen LogP contribution in [0.5, 0.6) is 0 Å². The Morgan fingerprint density at radius 2 is 2.43 bits per heavy atom. The van der Waals surface area contributed by atoms with Gasteiger partial charge in [-0.25, -0.2) is 4.79 Å². The van der Waals surface area contributed by atoms with Crippen molar-refractivity contribution in [3.05, 3.63) is 12.2 Å². The second-order valence-electron chi connectivity index (χ2n) is 1.57. The van der Waals surface area contributed by atoms with Crippen LogP contribution in [0.15, 0.2) is 12.2 Å². The van der Waals surface area contributed by atoms with Crippen LogP contribution in [-0.4, -0.2) is 12.1 Å². The largest absolute Gasteiger partial charge is 0.454 e. The van der Waals surface area contributed by atoms with Crippen molar-refractivity contribution in [1.29, 1.82) is 0 Å². The first-order valence-corrected chi connectivity index (χ1v) is 2.11. The van der Waals surface area contributed by atoms with Gasteiger partial charge in [0, 0.05) is 0 Å². The second-order valence-corrected chi connectivity index (χ2v) is 1.57. The molecule has 2 nitrogen and oxygen atoms in total. The van der Waals surface area contributed by atoms with Crippen molar-refractivity contribution >= 4 is 5.97 Å². The molecule has 1 heterocycles. The van der Waals surface area contributed by atoms with Crippen molar-refractivity contribution in [2.24, 2.45) is 0 Å². The molecule has 0 aromatic carbocycles. The number of ether oxygens (including phenoxy) is 1. The van der Waals surface area contributed by atoms with Crippen molar-refractivity contribution in [2.75, 3.05) is 0 Å². The van der Waals surface area contributed by atoms with Gasteiger partial charge in [0.1, 0.15) is 6.10 Å². The summed E-state index contributed by atoms with van der Waals surface area (Å²) < 4.78 is 4.51. The van der Waals surface area contributed by atoms with Crippen molar-refractivity contribution in [3.63, 3.8) is 0 Å². The lowest BCUT2D eigenvalue weighted by atomic mass is 10.1. The third kappa shape index (κ3) is 0.427. The van der Waals surface area contributed by atoms with Gasteiger partial charge < -0.3 is 4.74 Å². The molecule has 1 aliphatic heterocycles. The average molecular weight is 98.1 g/mol. The van der Waals surface area contributed by atoms with Crippen molar-refractivity contribution in [3.8, 4) is 0 Å². The van der Waals surface area contributed by atoms with Crippen LogP contribution in [0.4, 0.5) is 0 Å². The van der Waals surface area contributed by atoms with Crippen LogP contribution >= 0.6 is 0 Å². The fraction of sp³-hybridized carbons (Fsp3) is 0.400. The Hall–Kier alpha value is -0.790. The molecule has 0 radical (unpaired) electrons. The van der Waals surface area contributed by atoms with Gasteiger partial charge in [0.2, 0.25) is 0 Å². The zero-order valence-electron chi connectivity index (χ0n) is 4.10. The van der Waals surface area contributed by atoms with E-state index in [0.29, 0.717) is 5.57 Å². The maximum Gasteiger partial charge on any atom is 0.337 e. The van der Waals surface area contributed by atoms with E-state index in [-0.39, 0.29) is 12.1 Å². The van der Waals surface area contributed by atoms with E-state index in [1.54, 1.807) is 6.92 Å². The van der Waals surface area contributed by atoms with Crippen LogP contribution in [0, 0.1) is 0 Å². The highest BCUT2D eigenvalue weighted by atomic mass is 16.6. The molecule has 0 spiro atoms. The minimum Gasteiger partial charge on any atom is -0.454 e. The molecule has 0 N–H and O–H groups in total. The normalized spacial score (nSPS) is 29.0. The molecule has 0 saturated carbocycles. The standard InChI is InChI=1S/C5H6O2/c1-3-4(2)7-5(3)6/h4H,1H2,2H3. The van der Waals surface area contributed by atoms with Gasteiger partial charge in [-0.1, -0.05) is 6.58 Å². The summed E-state index contributed by atoms with van der Waals surface area (Å²) in [6.45, 7) is 5.24. The molecule has 1 aliphatic rings. The number of esters is 1. The lowest BCUT2D eigenvalue weighted by molar-refractivity contribution is -0.154. The first-order chi connectivity index (χ1) is 3.22. The first-order valence-electron chi connectivity index (χ1n) is 2.11. The van der Waals surface area contributed by atoms with Crippen LogP contribution < -0.4 is 0 Å². The van der Waals surface area contributed by atoms with Gasteiger partial charge in [-0.2, -0.15) is 0 Å². The third-order valence-corrected chi connectivity index (χ3v) is 1.04. The first kappa shape index (κ1) is 4.37. The van der Waals surface area contributed by atoms with E-state index in [2.05, 4.69) is 11.3 Å². The van der Waals surface area contributed by atoms with Crippen LogP contribution in [-0.2, 0) is 9.53 Å². The van der Waals surface area contributed by atoms with Crippen LogP contribution in [0.2, 0.25) is 0 Å². The van der Waals surface area contributed by atoms with Gasteiger partial charge in [-0.15, -0.1) is 0 Å². The van der Waals surface area contributed by atoms with E-state index in [9.17, 15) is 4.79 Å². The van der Waals surface area contributed by atoms with Crippen LogP contribution in [0.3, 0.4) is 0 Å². The summed E-state index contributed by atoms with van der Waals surface area (Å²) in [4.78, 5) is 10.1. The van der Waals surface area contributed by atoms with Gasteiger partial charge >= 0.3 is 5.97 Å². The third-order valence-electron chi connectivity index (χ3n) is 1.04. The summed E-state index contributed by atoms with van der Waals surface area (Å²) in [7, 11) is 0. The minimum absolute atomic E-state index is 0.0347. The molecule has 1 saturated heterocycles. The highest BCUT2D eigenvalue weighted by Gasteiger charge is 2.28. The number of carbonyl (C=O) groups excluding carboxylic acids is 1. The quantitative estimate of drug-likeness (QED) is 0.325. The van der Waals surface area contributed by atoms with Crippen LogP contribution in [0.1, 0.15) is 6.92 Å². The number of carbonyl (C=O) groups is 1. The summed E-state index contributed by atoms with van der Waals surface area (Å²) in [5.41, 5.74) is 0.583. The van der Waals surface area contributed by atoms with Gasteiger partial charge in [-0.05, 0) is 6.92 Å². The van der Waals surface area contributed by atoms with Gasteiger partial charge in [-0.3, -0.25) is 0 Å². The van der Waals surface area contributed by atoms with E-state index in [4.69, 9.17) is 0 Å². The van der Waals surface area contributed by atoms with Crippen molar-refractivity contribution in [2.45, 2.75) is 13.0 Å². The predicted molar refractivity (Wildman–Crippen MR) is 24.7 cm³/mol. The predicted octanol–water partition coefficient (Wildman–Crippen LogP) is 0.488. The Balaban J connectivity index is 2.60. The molecule has 0 aromatic heterocycles. The van der Waals surface area contributed by atoms with Gasteiger partial charge in [0.25, 0.3) is 0 Å². The Kier molecular flexibility index (Phi) is 0.680. The number of hydrogen-bond acceptors (Lipinski definition) is 2. The van der Waals surface area contributed by atoms with E-state index < -0.39 is 0 Å². The molecule has 1 atom stereocenters. The zero-order valence-corrected chi connectivity index (χ0v) is 4.10. The molecule has 0 bridgehead atoms. The smallest absolute Gasteiger partial charge is 0.337 e. The van der Waals surface area contributed by atoms with Crippen molar-refractivity contribution in [1.82, 2.24) is 0 Å². The number of rotatable bonds is 0. The lowest BCUT2D eigenvalue weighted by Gasteiger charge is -2.23. The maximum atomic E-state index is 10.1. The lowest BCUT2D eigenvalue weighted by Crippen LogP contribution is -2.32. The molecule has 2 heteroatoms. The SMILES string of the molecule is C=C1C(=O)OC1C. The zero-order chi connectivity index (χ0) is 5.44. The maximum absolute atomic E-state index is 10.1. The van der Waals surface area contributed by atoms with E-state index in [0.717, 1.165) is 0 Å². The van der Waals surface area contributed by atoms with E-state index in [1.807, 2.05) is 0 Å². The molecule has 1 rings (SSSR count). The van der Waals surface area contributed by atoms with Crippen molar-refractivity contribution < 1.29 is 9.53 Å². The molecule has 0 aliphatic carbocycles. The van der Waals surface area contributed by atoms with Gasteiger partial charge in [0.05, 0.1) is 5.57 Å².